The number of carbonyl (C=O) groups excluding carboxylic acids is 1. The molecule has 2 aromatic rings. The van der Waals surface area contributed by atoms with E-state index in [0.717, 1.165) is 15.7 Å². The number of carbonyl (C=O) groups is 1. The minimum Gasteiger partial charge on any atom is -0.462 e. The molecule has 2 aromatic carbocycles. The van der Waals surface area contributed by atoms with Gasteiger partial charge in [-0.1, -0.05) is 22.0 Å². The molecule has 0 atom stereocenters. The Bertz CT molecular complexity index is 643. The molecule has 108 valence electrons. The molecular formula is C17H16BrNO2. The number of halogens is 1. The van der Waals surface area contributed by atoms with Gasteiger partial charge in [-0.25, -0.2) is 4.79 Å². The van der Waals surface area contributed by atoms with Crippen molar-refractivity contribution in [2.24, 2.45) is 4.99 Å². The molecule has 0 aromatic heterocycles. The average molecular weight is 346 g/mol. The quantitative estimate of drug-likeness (QED) is 0.595. The van der Waals surface area contributed by atoms with Gasteiger partial charge in [-0.05, 0) is 61.4 Å². The number of aliphatic imine (C=N–C) groups is 1. The van der Waals surface area contributed by atoms with Crippen molar-refractivity contribution >= 4 is 33.8 Å². The van der Waals surface area contributed by atoms with E-state index in [1.54, 1.807) is 37.4 Å². The summed E-state index contributed by atoms with van der Waals surface area (Å²) in [4.78, 5) is 16.0. The fourth-order valence-corrected chi connectivity index (χ4v) is 2.51. The van der Waals surface area contributed by atoms with Crippen molar-refractivity contribution in [1.82, 2.24) is 0 Å². The Kier molecular flexibility index (Phi) is 5.28. The molecule has 0 amide bonds. The Morgan fingerprint density at radius 2 is 1.95 bits per heavy atom. The first-order valence-corrected chi connectivity index (χ1v) is 7.46. The number of esters is 1. The van der Waals surface area contributed by atoms with Gasteiger partial charge in [-0.3, -0.25) is 4.99 Å². The van der Waals surface area contributed by atoms with E-state index < -0.39 is 0 Å². The zero-order valence-corrected chi connectivity index (χ0v) is 13.6. The largest absolute Gasteiger partial charge is 0.462 e. The summed E-state index contributed by atoms with van der Waals surface area (Å²) in [5.74, 6) is -0.310. The Labute approximate surface area is 132 Å². The van der Waals surface area contributed by atoms with Crippen LogP contribution in [-0.2, 0) is 4.74 Å². The average Bonchev–Trinajstić information content (AvgIpc) is 2.45. The van der Waals surface area contributed by atoms with Crippen LogP contribution in [0.1, 0.15) is 28.4 Å². The Morgan fingerprint density at radius 3 is 2.57 bits per heavy atom. The minimum atomic E-state index is -0.310. The second-order valence-corrected chi connectivity index (χ2v) is 5.50. The van der Waals surface area contributed by atoms with Crippen LogP contribution in [0.2, 0.25) is 0 Å². The monoisotopic (exact) mass is 345 g/mol. The highest BCUT2D eigenvalue weighted by molar-refractivity contribution is 9.10. The molecular weight excluding hydrogens is 330 g/mol. The highest BCUT2D eigenvalue weighted by Crippen LogP contribution is 2.17. The van der Waals surface area contributed by atoms with Crippen LogP contribution < -0.4 is 0 Å². The van der Waals surface area contributed by atoms with Gasteiger partial charge >= 0.3 is 5.97 Å². The maximum atomic E-state index is 11.5. The van der Waals surface area contributed by atoms with Crippen molar-refractivity contribution in [3.8, 4) is 0 Å². The summed E-state index contributed by atoms with van der Waals surface area (Å²) in [5, 5.41) is 0. The summed E-state index contributed by atoms with van der Waals surface area (Å²) in [6, 6.07) is 13.1. The smallest absolute Gasteiger partial charge is 0.338 e. The van der Waals surface area contributed by atoms with Crippen LogP contribution in [0.4, 0.5) is 5.69 Å². The predicted molar refractivity (Wildman–Crippen MR) is 88.5 cm³/mol. The van der Waals surface area contributed by atoms with Gasteiger partial charge in [0.2, 0.25) is 0 Å². The summed E-state index contributed by atoms with van der Waals surface area (Å²) < 4.78 is 5.97. The molecule has 0 fully saturated rings. The zero-order valence-electron chi connectivity index (χ0n) is 12.0. The van der Waals surface area contributed by atoms with Crippen molar-refractivity contribution in [2.45, 2.75) is 13.8 Å². The molecule has 0 unspecified atom stereocenters. The first kappa shape index (κ1) is 15.4. The van der Waals surface area contributed by atoms with Crippen molar-refractivity contribution in [1.29, 1.82) is 0 Å². The fourth-order valence-electron chi connectivity index (χ4n) is 1.89. The second-order valence-electron chi connectivity index (χ2n) is 4.59. The molecule has 3 nitrogen and oxygen atoms in total. The molecule has 0 radical (unpaired) electrons. The number of ether oxygens (including phenoxy) is 1. The number of benzene rings is 2. The summed E-state index contributed by atoms with van der Waals surface area (Å²) in [5.41, 5.74) is 3.52. The molecule has 0 aliphatic rings. The van der Waals surface area contributed by atoms with Crippen LogP contribution in [0.15, 0.2) is 51.9 Å². The second kappa shape index (κ2) is 7.18. The lowest BCUT2D eigenvalue weighted by atomic mass is 10.1. The maximum Gasteiger partial charge on any atom is 0.338 e. The van der Waals surface area contributed by atoms with E-state index in [9.17, 15) is 4.79 Å². The van der Waals surface area contributed by atoms with Gasteiger partial charge in [0.25, 0.3) is 0 Å². The standard InChI is InChI=1S/C17H16BrNO2/c1-3-21-17(20)14-4-6-16(7-5-14)19-11-13-8-12(2)9-15(18)10-13/h4-11H,3H2,1-2H3/b19-11+. The van der Waals surface area contributed by atoms with Crippen LogP contribution in [-0.4, -0.2) is 18.8 Å². The predicted octanol–water partition coefficient (Wildman–Crippen LogP) is 4.68. The molecule has 0 aliphatic heterocycles. The van der Waals surface area contributed by atoms with Gasteiger partial charge in [0.15, 0.2) is 0 Å². The summed E-state index contributed by atoms with van der Waals surface area (Å²) in [6.07, 6.45) is 1.80. The molecule has 0 saturated heterocycles. The van der Waals surface area contributed by atoms with Gasteiger partial charge < -0.3 is 4.74 Å². The van der Waals surface area contributed by atoms with Crippen LogP contribution >= 0.6 is 15.9 Å². The lowest BCUT2D eigenvalue weighted by molar-refractivity contribution is 0.0526. The Morgan fingerprint density at radius 1 is 1.24 bits per heavy atom. The van der Waals surface area contributed by atoms with Crippen molar-refractivity contribution in [3.05, 3.63) is 63.6 Å². The third-order valence-corrected chi connectivity index (χ3v) is 3.26. The Hall–Kier alpha value is -1.94. The number of nitrogens with zero attached hydrogens (tertiary/aromatic N) is 1. The topological polar surface area (TPSA) is 38.7 Å². The van der Waals surface area contributed by atoms with Gasteiger partial charge in [-0.15, -0.1) is 0 Å². The lowest BCUT2D eigenvalue weighted by Crippen LogP contribution is -2.03. The van der Waals surface area contributed by atoms with Crippen LogP contribution in [0.25, 0.3) is 0 Å². The number of hydrogen-bond donors (Lipinski definition) is 0. The summed E-state index contributed by atoms with van der Waals surface area (Å²) in [7, 11) is 0. The number of rotatable bonds is 4. The van der Waals surface area contributed by atoms with Gasteiger partial charge in [0.05, 0.1) is 17.9 Å². The van der Waals surface area contributed by atoms with Crippen molar-refractivity contribution in [3.63, 3.8) is 0 Å². The molecule has 4 heteroatoms. The van der Waals surface area contributed by atoms with E-state index in [1.165, 1.54) is 5.56 Å². The van der Waals surface area contributed by atoms with E-state index >= 15 is 0 Å². The maximum absolute atomic E-state index is 11.5. The van der Waals surface area contributed by atoms with Crippen molar-refractivity contribution in [2.75, 3.05) is 6.61 Å². The number of hydrogen-bond acceptors (Lipinski definition) is 3. The summed E-state index contributed by atoms with van der Waals surface area (Å²) in [6.45, 7) is 4.20. The molecule has 21 heavy (non-hydrogen) atoms. The SMILES string of the molecule is CCOC(=O)c1ccc(/N=C/c2cc(C)cc(Br)c2)cc1. The Balaban J connectivity index is 2.12. The van der Waals surface area contributed by atoms with E-state index in [0.29, 0.717) is 12.2 Å². The van der Waals surface area contributed by atoms with Gasteiger partial charge in [0, 0.05) is 10.7 Å². The molecule has 0 bridgehead atoms. The third kappa shape index (κ3) is 4.53. The van der Waals surface area contributed by atoms with E-state index in [2.05, 4.69) is 27.0 Å². The van der Waals surface area contributed by atoms with Gasteiger partial charge in [0.1, 0.15) is 0 Å². The molecule has 0 spiro atoms. The summed E-state index contributed by atoms with van der Waals surface area (Å²) >= 11 is 3.47. The van der Waals surface area contributed by atoms with Crippen LogP contribution in [0.3, 0.4) is 0 Å². The van der Waals surface area contributed by atoms with E-state index in [1.807, 2.05) is 19.1 Å². The zero-order chi connectivity index (χ0) is 15.2. The van der Waals surface area contributed by atoms with E-state index in [-0.39, 0.29) is 5.97 Å². The third-order valence-electron chi connectivity index (χ3n) is 2.81. The highest BCUT2D eigenvalue weighted by atomic mass is 79.9. The normalized spacial score (nSPS) is 10.8. The first-order chi connectivity index (χ1) is 10.1. The molecule has 0 heterocycles. The van der Waals surface area contributed by atoms with Crippen molar-refractivity contribution < 1.29 is 9.53 Å². The molecule has 0 aliphatic carbocycles. The molecule has 2 rings (SSSR count). The number of aryl methyl sites for hydroxylation is 1. The van der Waals surface area contributed by atoms with Crippen LogP contribution in [0.5, 0.6) is 0 Å². The highest BCUT2D eigenvalue weighted by Gasteiger charge is 2.04. The van der Waals surface area contributed by atoms with Gasteiger partial charge in [-0.2, -0.15) is 0 Å². The lowest BCUT2D eigenvalue weighted by Gasteiger charge is -2.02. The minimum absolute atomic E-state index is 0.310. The van der Waals surface area contributed by atoms with E-state index in [4.69, 9.17) is 4.74 Å². The first-order valence-electron chi connectivity index (χ1n) is 6.67. The molecule has 0 saturated carbocycles. The van der Waals surface area contributed by atoms with Crippen LogP contribution in [0, 0.1) is 6.92 Å². The molecule has 0 N–H and O–H groups in total. The fraction of sp³-hybridized carbons (Fsp3) is 0.176.